The molecule has 2 heterocycles. The number of aromatic nitrogens is 3. The van der Waals surface area contributed by atoms with Gasteiger partial charge in [-0.1, -0.05) is 5.16 Å². The van der Waals surface area contributed by atoms with Gasteiger partial charge in [0, 0.05) is 12.6 Å². The van der Waals surface area contributed by atoms with E-state index in [9.17, 15) is 12.8 Å². The van der Waals surface area contributed by atoms with E-state index in [0.29, 0.717) is 30.0 Å². The first-order valence-electron chi connectivity index (χ1n) is 9.04. The molecule has 0 spiro atoms. The Kier molecular flexibility index (Phi) is 6.05. The molecule has 0 aromatic carbocycles. The fourth-order valence-corrected chi connectivity index (χ4v) is 3.78. The molecule has 10 heteroatoms. The fourth-order valence-electron chi connectivity index (χ4n) is 2.98. The summed E-state index contributed by atoms with van der Waals surface area (Å²) in [4.78, 5) is 8.17. The van der Waals surface area contributed by atoms with Gasteiger partial charge in [0.15, 0.2) is 0 Å². The molecule has 27 heavy (non-hydrogen) atoms. The summed E-state index contributed by atoms with van der Waals surface area (Å²) in [7, 11) is -3.21. The zero-order chi connectivity index (χ0) is 19.4. The summed E-state index contributed by atoms with van der Waals surface area (Å²) in [5, 5.41) is 6.65. The van der Waals surface area contributed by atoms with Crippen molar-refractivity contribution in [1.82, 2.24) is 19.8 Å². The fraction of sp³-hybridized carbons (Fsp3) is 0.588. The maximum Gasteiger partial charge on any atom is 0.322 e. The smallest absolute Gasteiger partial charge is 0.322 e. The molecule has 0 saturated heterocycles. The number of nitrogens with one attached hydrogen (secondary N) is 2. The number of rotatable bonds is 7. The van der Waals surface area contributed by atoms with Gasteiger partial charge in [0.1, 0.15) is 11.5 Å². The summed E-state index contributed by atoms with van der Waals surface area (Å²) in [6.07, 6.45) is 4.71. The predicted molar refractivity (Wildman–Crippen MR) is 98.9 cm³/mol. The van der Waals surface area contributed by atoms with Gasteiger partial charge in [0.25, 0.3) is 0 Å². The van der Waals surface area contributed by atoms with E-state index in [0.717, 1.165) is 31.9 Å². The van der Waals surface area contributed by atoms with Crippen LogP contribution < -0.4 is 10.0 Å². The van der Waals surface area contributed by atoms with Gasteiger partial charge in [-0.25, -0.2) is 22.5 Å². The molecule has 3 rings (SSSR count). The molecule has 0 radical (unpaired) electrons. The average molecular weight is 397 g/mol. The molecular weight excluding hydrogens is 373 g/mol. The third-order valence-electron chi connectivity index (χ3n) is 4.75. The van der Waals surface area contributed by atoms with Crippen molar-refractivity contribution in [3.05, 3.63) is 24.1 Å². The second kappa shape index (κ2) is 8.30. The van der Waals surface area contributed by atoms with E-state index >= 15 is 0 Å². The molecule has 2 N–H and O–H groups in total. The lowest BCUT2D eigenvalue weighted by atomic mass is 9.86. The minimum Gasteiger partial charge on any atom is -0.335 e. The highest BCUT2D eigenvalue weighted by molar-refractivity contribution is 7.90. The largest absolute Gasteiger partial charge is 0.335 e. The third kappa shape index (κ3) is 5.23. The molecule has 0 aliphatic heterocycles. The standard InChI is InChI=1S/C17H24FN5O3S/c1-11(2)27(24,25)20-9-12-3-6-14(7-4-12)21-17-22-16(23-26-17)15-8-5-13(18)10-19-15/h5,8,10-12,14,20H,3-4,6-7,9H2,1-2H3,(H,21,22,23)/t12-,14-. The van der Waals surface area contributed by atoms with Crippen LogP contribution in [0.2, 0.25) is 0 Å². The van der Waals surface area contributed by atoms with Crippen LogP contribution in [0.15, 0.2) is 22.9 Å². The lowest BCUT2D eigenvalue weighted by Crippen LogP contribution is -2.37. The molecule has 0 amide bonds. The van der Waals surface area contributed by atoms with Crippen molar-refractivity contribution in [1.29, 1.82) is 0 Å². The number of anilines is 1. The Morgan fingerprint density at radius 3 is 2.63 bits per heavy atom. The van der Waals surface area contributed by atoms with Gasteiger partial charge in [0.2, 0.25) is 15.8 Å². The summed E-state index contributed by atoms with van der Waals surface area (Å²) in [6, 6.07) is 3.28. The Hall–Kier alpha value is -2.07. The Morgan fingerprint density at radius 2 is 2.00 bits per heavy atom. The monoisotopic (exact) mass is 397 g/mol. The number of hydrogen-bond acceptors (Lipinski definition) is 7. The number of hydrogen-bond donors (Lipinski definition) is 2. The quantitative estimate of drug-likeness (QED) is 0.739. The molecule has 1 aliphatic carbocycles. The van der Waals surface area contributed by atoms with Crippen molar-refractivity contribution in [2.75, 3.05) is 11.9 Å². The number of halogens is 1. The van der Waals surface area contributed by atoms with Crippen molar-refractivity contribution in [2.24, 2.45) is 5.92 Å². The highest BCUT2D eigenvalue weighted by Gasteiger charge is 2.24. The Labute approximate surface area is 158 Å². The molecule has 2 aromatic rings. The highest BCUT2D eigenvalue weighted by atomic mass is 32.2. The van der Waals surface area contributed by atoms with E-state index in [2.05, 4.69) is 25.2 Å². The molecule has 1 aliphatic rings. The maximum atomic E-state index is 12.9. The normalized spacial score (nSPS) is 20.7. The van der Waals surface area contributed by atoms with Gasteiger partial charge in [-0.2, -0.15) is 4.98 Å². The maximum absolute atomic E-state index is 12.9. The first kappa shape index (κ1) is 19.7. The third-order valence-corrected chi connectivity index (χ3v) is 6.56. The summed E-state index contributed by atoms with van der Waals surface area (Å²) in [6.45, 7) is 3.82. The van der Waals surface area contributed by atoms with Crippen molar-refractivity contribution in [3.63, 3.8) is 0 Å². The van der Waals surface area contributed by atoms with Crippen LogP contribution in [0.5, 0.6) is 0 Å². The van der Waals surface area contributed by atoms with Gasteiger partial charge in [-0.05, 0) is 57.6 Å². The Bertz CT molecular complexity index is 846. The number of sulfonamides is 1. The van der Waals surface area contributed by atoms with Crippen molar-refractivity contribution in [2.45, 2.75) is 50.8 Å². The zero-order valence-electron chi connectivity index (χ0n) is 15.4. The molecule has 0 atom stereocenters. The summed E-state index contributed by atoms with van der Waals surface area (Å²) in [5.41, 5.74) is 0.439. The summed E-state index contributed by atoms with van der Waals surface area (Å²) >= 11 is 0. The zero-order valence-corrected chi connectivity index (χ0v) is 16.2. The second-order valence-corrected chi connectivity index (χ2v) is 9.41. The molecule has 1 saturated carbocycles. The molecule has 2 aromatic heterocycles. The van der Waals surface area contributed by atoms with Crippen molar-refractivity contribution in [3.8, 4) is 11.5 Å². The van der Waals surface area contributed by atoms with Crippen LogP contribution in [0.25, 0.3) is 11.5 Å². The molecule has 148 valence electrons. The predicted octanol–water partition coefficient (Wildman–Crippen LogP) is 2.57. The molecule has 1 fully saturated rings. The Balaban J connectivity index is 1.48. The average Bonchev–Trinajstić information content (AvgIpc) is 3.10. The van der Waals surface area contributed by atoms with E-state index in [1.807, 2.05) is 0 Å². The van der Waals surface area contributed by atoms with Crippen LogP contribution in [0, 0.1) is 11.7 Å². The van der Waals surface area contributed by atoms with Gasteiger partial charge >= 0.3 is 6.01 Å². The molecule has 0 unspecified atom stereocenters. The van der Waals surface area contributed by atoms with E-state index in [-0.39, 0.29) is 6.04 Å². The van der Waals surface area contributed by atoms with Crippen LogP contribution >= 0.6 is 0 Å². The number of pyridine rings is 1. The van der Waals surface area contributed by atoms with Gasteiger partial charge in [-0.15, -0.1) is 0 Å². The minimum atomic E-state index is -3.21. The van der Waals surface area contributed by atoms with E-state index in [1.54, 1.807) is 13.8 Å². The molecular formula is C17H24FN5O3S. The highest BCUT2D eigenvalue weighted by Crippen LogP contribution is 2.26. The van der Waals surface area contributed by atoms with E-state index < -0.39 is 21.1 Å². The van der Waals surface area contributed by atoms with Crippen LogP contribution in [-0.2, 0) is 10.0 Å². The first-order valence-corrected chi connectivity index (χ1v) is 10.6. The Morgan fingerprint density at radius 1 is 1.26 bits per heavy atom. The van der Waals surface area contributed by atoms with Crippen molar-refractivity contribution >= 4 is 16.0 Å². The van der Waals surface area contributed by atoms with E-state index in [1.165, 1.54) is 12.1 Å². The number of nitrogens with zero attached hydrogens (tertiary/aromatic N) is 3. The second-order valence-electron chi connectivity index (χ2n) is 7.09. The SMILES string of the molecule is CC(C)S(=O)(=O)NC[C@H]1CC[C@H](Nc2nc(-c3ccc(F)cn3)no2)CC1. The van der Waals surface area contributed by atoms with E-state index in [4.69, 9.17) is 4.52 Å². The summed E-state index contributed by atoms with van der Waals surface area (Å²) < 4.78 is 44.5. The minimum absolute atomic E-state index is 0.192. The lowest BCUT2D eigenvalue weighted by molar-refractivity contribution is 0.330. The molecule has 8 nitrogen and oxygen atoms in total. The first-order chi connectivity index (χ1) is 12.8. The topological polar surface area (TPSA) is 110 Å². The van der Waals surface area contributed by atoms with Crippen LogP contribution in [0.3, 0.4) is 0 Å². The summed E-state index contributed by atoms with van der Waals surface area (Å²) in [5.74, 6) is 0.209. The van der Waals surface area contributed by atoms with Gasteiger partial charge in [0.05, 0.1) is 11.4 Å². The van der Waals surface area contributed by atoms with Crippen LogP contribution in [-0.4, -0.2) is 41.4 Å². The lowest BCUT2D eigenvalue weighted by Gasteiger charge is -2.28. The van der Waals surface area contributed by atoms with Crippen LogP contribution in [0.1, 0.15) is 39.5 Å². The van der Waals surface area contributed by atoms with Gasteiger partial charge < -0.3 is 9.84 Å². The van der Waals surface area contributed by atoms with Crippen molar-refractivity contribution < 1.29 is 17.3 Å². The van der Waals surface area contributed by atoms with Crippen LogP contribution in [0.4, 0.5) is 10.4 Å². The van der Waals surface area contributed by atoms with Gasteiger partial charge in [-0.3, -0.25) is 0 Å². The molecule has 0 bridgehead atoms.